The van der Waals surface area contributed by atoms with Crippen LogP contribution < -0.4 is 5.73 Å². The molecule has 0 aromatic carbocycles. The van der Waals surface area contributed by atoms with E-state index >= 15 is 0 Å². The minimum atomic E-state index is -2.70. The van der Waals surface area contributed by atoms with Crippen LogP contribution in [-0.4, -0.2) is 11.3 Å². The number of nitrogens with zero attached hydrogens (tertiary/aromatic N) is 1. The summed E-state index contributed by atoms with van der Waals surface area (Å²) < 4.78 is 24.8. The highest BCUT2D eigenvalue weighted by Gasteiger charge is 2.16. The van der Waals surface area contributed by atoms with Crippen molar-refractivity contribution in [2.24, 2.45) is 0 Å². The molecule has 1 rings (SSSR count). The van der Waals surface area contributed by atoms with Crippen LogP contribution in [0.5, 0.6) is 0 Å². The van der Waals surface area contributed by atoms with Crippen LogP contribution in [0.15, 0.2) is 6.07 Å². The van der Waals surface area contributed by atoms with Gasteiger partial charge >= 0.3 is 0 Å². The molecule has 1 aromatic rings. The number of anilines is 1. The Bertz CT molecular complexity index is 357. The Morgan fingerprint density at radius 3 is 2.71 bits per heavy atom. The zero-order chi connectivity index (χ0) is 10.7. The van der Waals surface area contributed by atoms with E-state index in [0.717, 1.165) is 0 Å². The summed E-state index contributed by atoms with van der Waals surface area (Å²) in [6, 6.07) is 1.18. The van der Waals surface area contributed by atoms with Gasteiger partial charge in [0, 0.05) is 10.9 Å². The van der Waals surface area contributed by atoms with E-state index in [1.165, 1.54) is 6.07 Å². The van der Waals surface area contributed by atoms with Crippen LogP contribution in [0.1, 0.15) is 28.2 Å². The van der Waals surface area contributed by atoms with Crippen LogP contribution in [0.3, 0.4) is 0 Å². The molecule has 14 heavy (non-hydrogen) atoms. The number of carbonyl (C=O) groups excluding carboxylic acids is 1. The van der Waals surface area contributed by atoms with Crippen LogP contribution >= 0.6 is 15.9 Å². The SMILES string of the molecule is Nc1c(C(F)F)cc(CBr)nc1C=O. The van der Waals surface area contributed by atoms with Crippen molar-refractivity contribution >= 4 is 27.9 Å². The molecule has 0 unspecified atom stereocenters. The van der Waals surface area contributed by atoms with Crippen molar-refractivity contribution in [1.82, 2.24) is 4.98 Å². The summed E-state index contributed by atoms with van der Waals surface area (Å²) in [7, 11) is 0. The molecule has 76 valence electrons. The van der Waals surface area contributed by atoms with E-state index in [0.29, 0.717) is 17.3 Å². The first-order chi connectivity index (χ1) is 6.60. The lowest BCUT2D eigenvalue weighted by Crippen LogP contribution is -2.04. The van der Waals surface area contributed by atoms with Gasteiger partial charge in [-0.25, -0.2) is 13.8 Å². The molecule has 3 nitrogen and oxygen atoms in total. The molecule has 6 heteroatoms. The number of hydrogen-bond donors (Lipinski definition) is 1. The second-order valence-corrected chi connectivity index (χ2v) is 3.11. The van der Waals surface area contributed by atoms with Gasteiger partial charge in [0.05, 0.1) is 11.4 Å². The maximum Gasteiger partial charge on any atom is 0.265 e. The minimum Gasteiger partial charge on any atom is -0.396 e. The number of rotatable bonds is 3. The van der Waals surface area contributed by atoms with Crippen LogP contribution in [0.4, 0.5) is 14.5 Å². The van der Waals surface area contributed by atoms with Crippen LogP contribution in [0.25, 0.3) is 0 Å². The third kappa shape index (κ3) is 2.06. The molecule has 0 saturated heterocycles. The van der Waals surface area contributed by atoms with Gasteiger partial charge in [-0.3, -0.25) is 4.79 Å². The zero-order valence-corrected chi connectivity index (χ0v) is 8.59. The van der Waals surface area contributed by atoms with Gasteiger partial charge in [-0.1, -0.05) is 15.9 Å². The fraction of sp³-hybridized carbons (Fsp3) is 0.250. The molecule has 1 heterocycles. The molecule has 0 amide bonds. The number of alkyl halides is 3. The van der Waals surface area contributed by atoms with Gasteiger partial charge in [-0.05, 0) is 6.07 Å². The monoisotopic (exact) mass is 264 g/mol. The first kappa shape index (κ1) is 11.0. The number of carbonyl (C=O) groups is 1. The van der Waals surface area contributed by atoms with E-state index in [4.69, 9.17) is 5.73 Å². The standard InChI is InChI=1S/C8H7BrF2N2O/c9-2-4-1-5(8(10)11)7(12)6(3-14)13-4/h1,3,8H,2,12H2. The number of pyridine rings is 1. The van der Waals surface area contributed by atoms with E-state index in [1.807, 2.05) is 0 Å². The Balaban J connectivity index is 3.34. The molecule has 0 aliphatic rings. The summed E-state index contributed by atoms with van der Waals surface area (Å²) in [5.41, 5.74) is 4.95. The zero-order valence-electron chi connectivity index (χ0n) is 7.01. The fourth-order valence-corrected chi connectivity index (χ4v) is 1.28. The Hall–Kier alpha value is -1.04. The molecule has 0 aliphatic heterocycles. The Morgan fingerprint density at radius 1 is 1.64 bits per heavy atom. The highest BCUT2D eigenvalue weighted by atomic mass is 79.9. The number of aromatic nitrogens is 1. The molecule has 0 bridgehead atoms. The Labute approximate surface area is 87.4 Å². The highest BCUT2D eigenvalue weighted by molar-refractivity contribution is 9.08. The van der Waals surface area contributed by atoms with Gasteiger partial charge in [-0.15, -0.1) is 0 Å². The number of halogens is 3. The molecule has 1 aromatic heterocycles. The average Bonchev–Trinajstić information content (AvgIpc) is 2.17. The first-order valence-corrected chi connectivity index (χ1v) is 4.81. The third-order valence-electron chi connectivity index (χ3n) is 1.66. The van der Waals surface area contributed by atoms with Gasteiger partial charge in [0.25, 0.3) is 6.43 Å². The van der Waals surface area contributed by atoms with Crippen molar-refractivity contribution in [3.05, 3.63) is 23.0 Å². The molecule has 0 spiro atoms. The average molecular weight is 265 g/mol. The van der Waals surface area contributed by atoms with Gasteiger partial charge in [0.15, 0.2) is 6.29 Å². The van der Waals surface area contributed by atoms with Crippen molar-refractivity contribution in [2.75, 3.05) is 5.73 Å². The molecule has 0 fully saturated rings. The van der Waals surface area contributed by atoms with Crippen molar-refractivity contribution in [3.63, 3.8) is 0 Å². The lowest BCUT2D eigenvalue weighted by atomic mass is 10.1. The molecule has 0 radical (unpaired) electrons. The maximum absolute atomic E-state index is 12.4. The number of hydrogen-bond acceptors (Lipinski definition) is 3. The minimum absolute atomic E-state index is 0.141. The summed E-state index contributed by atoms with van der Waals surface area (Å²) in [5, 5.41) is 0.299. The Morgan fingerprint density at radius 2 is 2.29 bits per heavy atom. The van der Waals surface area contributed by atoms with Crippen LogP contribution in [0.2, 0.25) is 0 Å². The summed E-state index contributed by atoms with van der Waals surface area (Å²) in [4.78, 5) is 14.2. The quantitative estimate of drug-likeness (QED) is 0.674. The van der Waals surface area contributed by atoms with Gasteiger partial charge in [-0.2, -0.15) is 0 Å². The van der Waals surface area contributed by atoms with E-state index in [1.54, 1.807) is 0 Å². The molecule has 0 saturated carbocycles. The van der Waals surface area contributed by atoms with E-state index in [-0.39, 0.29) is 16.9 Å². The van der Waals surface area contributed by atoms with Crippen LogP contribution in [-0.2, 0) is 5.33 Å². The summed E-state index contributed by atoms with van der Waals surface area (Å²) >= 11 is 3.06. The predicted molar refractivity (Wildman–Crippen MR) is 51.6 cm³/mol. The number of aldehydes is 1. The fourth-order valence-electron chi connectivity index (χ4n) is 0.991. The lowest BCUT2D eigenvalue weighted by Gasteiger charge is -2.07. The third-order valence-corrected chi connectivity index (χ3v) is 2.23. The van der Waals surface area contributed by atoms with Crippen molar-refractivity contribution in [2.45, 2.75) is 11.8 Å². The number of nitrogen functional groups attached to an aromatic ring is 1. The van der Waals surface area contributed by atoms with Gasteiger partial charge < -0.3 is 5.73 Å². The highest BCUT2D eigenvalue weighted by Crippen LogP contribution is 2.27. The largest absolute Gasteiger partial charge is 0.396 e. The topological polar surface area (TPSA) is 56.0 Å². The van der Waals surface area contributed by atoms with Crippen LogP contribution in [0, 0.1) is 0 Å². The molecule has 2 N–H and O–H groups in total. The second-order valence-electron chi connectivity index (χ2n) is 2.55. The smallest absolute Gasteiger partial charge is 0.265 e. The number of nitrogens with two attached hydrogens (primary N) is 1. The van der Waals surface area contributed by atoms with E-state index in [2.05, 4.69) is 20.9 Å². The van der Waals surface area contributed by atoms with E-state index < -0.39 is 6.43 Å². The van der Waals surface area contributed by atoms with Crippen molar-refractivity contribution in [1.29, 1.82) is 0 Å². The maximum atomic E-state index is 12.4. The molecule has 0 aliphatic carbocycles. The summed E-state index contributed by atoms with van der Waals surface area (Å²) in [5.74, 6) is 0. The van der Waals surface area contributed by atoms with Gasteiger partial charge in [0.2, 0.25) is 0 Å². The Kier molecular flexibility index (Phi) is 3.51. The summed E-state index contributed by atoms with van der Waals surface area (Å²) in [6.07, 6.45) is -2.33. The molecule has 0 atom stereocenters. The first-order valence-electron chi connectivity index (χ1n) is 3.68. The van der Waals surface area contributed by atoms with Crippen molar-refractivity contribution < 1.29 is 13.6 Å². The lowest BCUT2D eigenvalue weighted by molar-refractivity contribution is 0.111. The normalized spacial score (nSPS) is 10.6. The molecular formula is C8H7BrF2N2O. The van der Waals surface area contributed by atoms with E-state index in [9.17, 15) is 13.6 Å². The van der Waals surface area contributed by atoms with Crippen molar-refractivity contribution in [3.8, 4) is 0 Å². The second kappa shape index (κ2) is 4.45. The van der Waals surface area contributed by atoms with Gasteiger partial charge in [0.1, 0.15) is 5.69 Å². The predicted octanol–water partition coefficient (Wildman–Crippen LogP) is 2.31. The summed E-state index contributed by atoms with van der Waals surface area (Å²) in [6.45, 7) is 0. The molecular weight excluding hydrogens is 258 g/mol.